The summed E-state index contributed by atoms with van der Waals surface area (Å²) in [5, 5.41) is 17.0. The summed E-state index contributed by atoms with van der Waals surface area (Å²) in [5.74, 6) is -0.673. The zero-order valence-corrected chi connectivity index (χ0v) is 25.2. The van der Waals surface area contributed by atoms with Crippen LogP contribution >= 0.6 is 0 Å². The summed E-state index contributed by atoms with van der Waals surface area (Å²) in [6, 6.07) is 29.0. The minimum absolute atomic E-state index is 0.0347. The highest BCUT2D eigenvalue weighted by Gasteiger charge is 2.63. The van der Waals surface area contributed by atoms with Crippen molar-refractivity contribution in [3.8, 4) is 22.4 Å². The van der Waals surface area contributed by atoms with E-state index in [1.807, 2.05) is 75.5 Å². The predicted octanol–water partition coefficient (Wildman–Crippen LogP) is 6.59. The number of carbonyl (C=O) groups excluding carboxylic acids is 2. The largest absolute Gasteiger partial charge is 0.389 e. The fourth-order valence-corrected chi connectivity index (χ4v) is 7.09. The van der Waals surface area contributed by atoms with Gasteiger partial charge in [0.25, 0.3) is 11.8 Å². The molecule has 1 aliphatic carbocycles. The minimum Gasteiger partial charge on any atom is -0.389 e. The first kappa shape index (κ1) is 27.3. The van der Waals surface area contributed by atoms with Crippen molar-refractivity contribution in [2.75, 3.05) is 0 Å². The molecule has 0 spiro atoms. The number of pyridine rings is 1. The Labute approximate surface area is 260 Å². The van der Waals surface area contributed by atoms with E-state index in [0.717, 1.165) is 44.7 Å². The van der Waals surface area contributed by atoms with Crippen molar-refractivity contribution in [1.29, 1.82) is 0 Å². The van der Waals surface area contributed by atoms with Gasteiger partial charge in [0.1, 0.15) is 0 Å². The van der Waals surface area contributed by atoms with Gasteiger partial charge in [0.05, 0.1) is 33.7 Å². The van der Waals surface area contributed by atoms with E-state index in [1.54, 1.807) is 28.8 Å². The van der Waals surface area contributed by atoms with Crippen molar-refractivity contribution in [3.63, 3.8) is 0 Å². The zero-order chi connectivity index (χ0) is 31.1. The lowest BCUT2D eigenvalue weighted by molar-refractivity contribution is -0.156. The number of hydrogen-bond donors (Lipinski definition) is 1. The Morgan fingerprint density at radius 2 is 1.44 bits per heavy atom. The fourth-order valence-electron chi connectivity index (χ4n) is 7.09. The number of aromatic nitrogens is 4. The molecule has 8 nitrogen and oxygen atoms in total. The molecule has 4 heterocycles. The zero-order valence-electron chi connectivity index (χ0n) is 25.2. The van der Waals surface area contributed by atoms with E-state index in [-0.39, 0.29) is 30.6 Å². The third-order valence-electron chi connectivity index (χ3n) is 9.65. The summed E-state index contributed by atoms with van der Waals surface area (Å²) in [6.45, 7) is 5.88. The second-order valence-corrected chi connectivity index (χ2v) is 12.7. The van der Waals surface area contributed by atoms with Crippen LogP contribution in [0.4, 0.5) is 0 Å². The maximum absolute atomic E-state index is 13.7. The number of fused-ring (bicyclic) bond motifs is 4. The normalized spacial score (nSPS) is 21.1. The van der Waals surface area contributed by atoms with Gasteiger partial charge in [-0.1, -0.05) is 80.6 Å². The molecule has 0 bridgehead atoms. The third kappa shape index (κ3) is 3.98. The summed E-state index contributed by atoms with van der Waals surface area (Å²) < 4.78 is 1.77. The van der Waals surface area contributed by atoms with E-state index in [4.69, 9.17) is 4.98 Å². The summed E-state index contributed by atoms with van der Waals surface area (Å²) in [6.07, 6.45) is 2.38. The number of nitrogens with zero attached hydrogens (tertiary/aromatic N) is 5. The molecule has 6 aromatic rings. The number of rotatable bonds is 5. The van der Waals surface area contributed by atoms with Gasteiger partial charge in [-0.05, 0) is 42.2 Å². The molecule has 0 unspecified atom stereocenters. The third-order valence-corrected chi connectivity index (χ3v) is 9.65. The second-order valence-electron chi connectivity index (χ2n) is 12.7. The molecular weight excluding hydrogens is 562 g/mol. The fraction of sp³-hybridized carbons (Fsp3) is 0.216. The van der Waals surface area contributed by atoms with Gasteiger partial charge in [0.15, 0.2) is 11.3 Å². The number of hydrogen-bond acceptors (Lipinski definition) is 6. The average Bonchev–Trinajstić information content (AvgIpc) is 3.55. The molecule has 8 rings (SSSR count). The molecule has 2 aliphatic rings. The van der Waals surface area contributed by atoms with Gasteiger partial charge in [-0.3, -0.25) is 14.5 Å². The maximum Gasteiger partial charge on any atom is 0.262 e. The average molecular weight is 594 g/mol. The van der Waals surface area contributed by atoms with Crippen molar-refractivity contribution >= 4 is 28.5 Å². The van der Waals surface area contributed by atoms with E-state index in [1.165, 1.54) is 4.90 Å². The number of benzene rings is 3. The van der Waals surface area contributed by atoms with Crippen molar-refractivity contribution in [1.82, 2.24) is 24.5 Å². The van der Waals surface area contributed by atoms with Crippen LogP contribution in [0.3, 0.4) is 0 Å². The molecule has 1 saturated carbocycles. The van der Waals surface area contributed by atoms with Crippen LogP contribution in [-0.4, -0.2) is 47.0 Å². The van der Waals surface area contributed by atoms with Crippen molar-refractivity contribution in [3.05, 3.63) is 120 Å². The molecule has 1 aliphatic heterocycles. The Morgan fingerprint density at radius 1 is 0.800 bits per heavy atom. The summed E-state index contributed by atoms with van der Waals surface area (Å²) in [5.41, 5.74) is 5.58. The van der Waals surface area contributed by atoms with Gasteiger partial charge < -0.3 is 5.11 Å². The first-order chi connectivity index (χ1) is 21.7. The maximum atomic E-state index is 13.7. The molecule has 0 saturated heterocycles. The molecule has 0 atom stereocenters. The Morgan fingerprint density at radius 3 is 2.09 bits per heavy atom. The van der Waals surface area contributed by atoms with E-state index in [2.05, 4.69) is 28.3 Å². The van der Waals surface area contributed by atoms with E-state index >= 15 is 0 Å². The molecule has 2 amide bonds. The summed E-state index contributed by atoms with van der Waals surface area (Å²) in [4.78, 5) is 38.6. The Bertz CT molecular complexity index is 2130. The van der Waals surface area contributed by atoms with Gasteiger partial charge in [0, 0.05) is 41.6 Å². The highest BCUT2D eigenvalue weighted by molar-refractivity contribution is 6.22. The lowest BCUT2D eigenvalue weighted by Crippen LogP contribution is -2.66. The van der Waals surface area contributed by atoms with Gasteiger partial charge in [-0.2, -0.15) is 9.61 Å². The Balaban J connectivity index is 1.27. The van der Waals surface area contributed by atoms with E-state index < -0.39 is 11.1 Å². The van der Waals surface area contributed by atoms with Gasteiger partial charge in [-0.25, -0.2) is 9.97 Å². The van der Waals surface area contributed by atoms with Crippen LogP contribution in [0.25, 0.3) is 39.1 Å². The van der Waals surface area contributed by atoms with Crippen LogP contribution in [0.5, 0.6) is 0 Å². The molecular formula is C37H31N5O3. The van der Waals surface area contributed by atoms with Crippen molar-refractivity contribution in [2.24, 2.45) is 5.92 Å². The van der Waals surface area contributed by atoms with Gasteiger partial charge >= 0.3 is 0 Å². The number of carbonyl (C=O) groups is 2. The highest BCUT2D eigenvalue weighted by atomic mass is 16.3. The van der Waals surface area contributed by atoms with Crippen LogP contribution in [0, 0.1) is 12.8 Å². The first-order valence-electron chi connectivity index (χ1n) is 15.2. The van der Waals surface area contributed by atoms with Crippen LogP contribution in [-0.2, 0) is 5.54 Å². The van der Waals surface area contributed by atoms with Gasteiger partial charge in [0.2, 0.25) is 0 Å². The summed E-state index contributed by atoms with van der Waals surface area (Å²) >= 11 is 0. The molecule has 3 aromatic carbocycles. The van der Waals surface area contributed by atoms with Crippen LogP contribution in [0.15, 0.2) is 97.2 Å². The molecule has 8 heteroatoms. The number of imide groups is 1. The number of aryl methyl sites for hydroxylation is 1. The monoisotopic (exact) mass is 593 g/mol. The lowest BCUT2D eigenvalue weighted by atomic mass is 9.57. The number of amides is 2. The molecule has 45 heavy (non-hydrogen) atoms. The smallest absolute Gasteiger partial charge is 0.262 e. The predicted molar refractivity (Wildman–Crippen MR) is 172 cm³/mol. The quantitative estimate of drug-likeness (QED) is 0.226. The molecule has 0 radical (unpaired) electrons. The SMILES string of the molecule is Cc1cc2ncc3cc(-c4ccccc4)c(-c4ccc([C@]5(N6C(=O)c7ccccc7C6=O)C[C@@](O)(C(C)C)C5)cc4)nc3n2n1. The van der Waals surface area contributed by atoms with Crippen LogP contribution in [0.2, 0.25) is 0 Å². The first-order valence-corrected chi connectivity index (χ1v) is 15.2. The second kappa shape index (κ2) is 9.64. The van der Waals surface area contributed by atoms with Crippen molar-refractivity contribution in [2.45, 2.75) is 44.8 Å². The standard InChI is InChI=1S/C37H31N5O3/c1-22(2)37(45)20-36(21-37,41-34(43)28-11-7-8-12-29(28)35(41)44)27-15-13-25(14-16-27)32-30(24-9-5-4-6-10-24)18-26-19-38-31-17-23(3)40-42(31)33(26)39-32/h4-19,22,45H,20-21H2,1-3H3/t36-,37-. The Hall–Kier alpha value is -5.21. The summed E-state index contributed by atoms with van der Waals surface area (Å²) in [7, 11) is 0. The van der Waals surface area contributed by atoms with Gasteiger partial charge in [-0.15, -0.1) is 0 Å². The van der Waals surface area contributed by atoms with Crippen LogP contribution < -0.4 is 0 Å². The lowest BCUT2D eigenvalue weighted by Gasteiger charge is -2.58. The Kier molecular flexibility index (Phi) is 5.86. The van der Waals surface area contributed by atoms with Crippen LogP contribution in [0.1, 0.15) is 58.7 Å². The topological polar surface area (TPSA) is 101 Å². The molecule has 1 N–H and O–H groups in total. The van der Waals surface area contributed by atoms with Crippen molar-refractivity contribution < 1.29 is 14.7 Å². The minimum atomic E-state index is -0.990. The molecule has 3 aromatic heterocycles. The van der Waals surface area contributed by atoms with E-state index in [9.17, 15) is 14.7 Å². The molecule has 1 fully saturated rings. The highest BCUT2D eigenvalue weighted by Crippen LogP contribution is 2.57. The molecule has 222 valence electrons. The van der Waals surface area contributed by atoms with E-state index in [0.29, 0.717) is 16.8 Å². The number of aliphatic hydroxyl groups is 1.